The molecule has 0 spiro atoms. The largest absolute Gasteiger partial charge is 0.461 e. The smallest absolute Gasteiger partial charge is 0.376 e. The zero-order chi connectivity index (χ0) is 19.7. The van der Waals surface area contributed by atoms with Crippen LogP contribution in [0.25, 0.3) is 0 Å². The maximum Gasteiger partial charge on any atom is 0.376 e. The maximum atomic E-state index is 12.6. The summed E-state index contributed by atoms with van der Waals surface area (Å²) in [5.74, 6) is -4.09. The first-order valence-corrected chi connectivity index (χ1v) is 9.99. The predicted molar refractivity (Wildman–Crippen MR) is 92.1 cm³/mol. The number of carbonyl (C=O) groups is 3. The molecule has 0 radical (unpaired) electrons. The third kappa shape index (κ3) is 4.85. The lowest BCUT2D eigenvalue weighted by atomic mass is 9.53. The quantitative estimate of drug-likeness (QED) is 0.445. The molecular weight excluding hydrogens is 358 g/mol. The van der Waals surface area contributed by atoms with E-state index in [-0.39, 0.29) is 24.4 Å². The number of hydrogen-bond donors (Lipinski definition) is 0. The van der Waals surface area contributed by atoms with Crippen molar-refractivity contribution in [2.24, 2.45) is 17.8 Å². The fourth-order valence-electron chi connectivity index (χ4n) is 5.11. The predicted octanol–water partition coefficient (Wildman–Crippen LogP) is 3.83. The highest BCUT2D eigenvalue weighted by Crippen LogP contribution is 2.55. The molecule has 0 saturated heterocycles. The minimum atomic E-state index is -3.45. The first-order valence-electron chi connectivity index (χ1n) is 9.99. The zero-order valence-corrected chi connectivity index (χ0v) is 15.8. The average molecular weight is 386 g/mol. The molecule has 0 N–H and O–H groups in total. The summed E-state index contributed by atoms with van der Waals surface area (Å²) < 4.78 is 35.6. The van der Waals surface area contributed by atoms with Gasteiger partial charge in [-0.25, -0.2) is 4.79 Å². The third-order valence-corrected chi connectivity index (χ3v) is 6.14. The Kier molecular flexibility index (Phi) is 5.87. The summed E-state index contributed by atoms with van der Waals surface area (Å²) in [6, 6.07) is 0. The second-order valence-electron chi connectivity index (χ2n) is 8.59. The van der Waals surface area contributed by atoms with E-state index in [9.17, 15) is 23.2 Å². The molecule has 2 unspecified atom stereocenters. The molecule has 4 aliphatic rings. The number of carbonyl (C=O) groups excluding carboxylic acids is 3. The van der Waals surface area contributed by atoms with Crippen molar-refractivity contribution in [1.82, 2.24) is 0 Å². The van der Waals surface area contributed by atoms with Crippen LogP contribution in [0.15, 0.2) is 0 Å². The fraction of sp³-hybridized carbons (Fsp3) is 0.850. The van der Waals surface area contributed by atoms with Gasteiger partial charge in [-0.2, -0.15) is 8.78 Å². The number of halogens is 2. The van der Waals surface area contributed by atoms with Gasteiger partial charge in [0.05, 0.1) is 6.61 Å². The van der Waals surface area contributed by atoms with E-state index in [1.165, 1.54) is 0 Å². The topological polar surface area (TPSA) is 69.7 Å². The van der Waals surface area contributed by atoms with Gasteiger partial charge in [-0.3, -0.25) is 9.59 Å². The highest BCUT2D eigenvalue weighted by Gasteiger charge is 2.57. The molecule has 27 heavy (non-hydrogen) atoms. The minimum Gasteiger partial charge on any atom is -0.461 e. The Hall–Kier alpha value is -1.53. The van der Waals surface area contributed by atoms with Gasteiger partial charge in [0, 0.05) is 25.2 Å². The van der Waals surface area contributed by atoms with Gasteiger partial charge in [0.2, 0.25) is 0 Å². The van der Waals surface area contributed by atoms with Crippen molar-refractivity contribution >= 4 is 17.7 Å². The van der Waals surface area contributed by atoms with E-state index in [0.29, 0.717) is 57.1 Å². The van der Waals surface area contributed by atoms with Crippen molar-refractivity contribution in [2.75, 3.05) is 6.61 Å². The molecule has 4 aliphatic carbocycles. The summed E-state index contributed by atoms with van der Waals surface area (Å²) in [4.78, 5) is 35.3. The molecular formula is C20H28F2O5. The first-order chi connectivity index (χ1) is 12.7. The fourth-order valence-corrected chi connectivity index (χ4v) is 5.11. The van der Waals surface area contributed by atoms with Crippen LogP contribution >= 0.6 is 0 Å². The Labute approximate surface area is 158 Å². The summed E-state index contributed by atoms with van der Waals surface area (Å²) in [5.41, 5.74) is -0.416. The van der Waals surface area contributed by atoms with Crippen molar-refractivity contribution in [3.8, 4) is 0 Å². The molecule has 2 atom stereocenters. The van der Waals surface area contributed by atoms with Gasteiger partial charge in [-0.05, 0) is 50.9 Å². The van der Waals surface area contributed by atoms with Gasteiger partial charge in [0.15, 0.2) is 0 Å². The molecule has 4 saturated carbocycles. The minimum absolute atomic E-state index is 0.0337. The standard InChI is InChI=1S/C20H28F2O5/c1-19(21,22)18(25)26-7-5-3-2-4-6-16(23)27-20-10-13-8-14(11-20)17(24)15(9-13)12-20/h13-15H,2-12H2,1H3. The second-order valence-corrected chi connectivity index (χ2v) is 8.59. The number of unbranched alkanes of at least 4 members (excludes halogenated alkanes) is 3. The lowest BCUT2D eigenvalue weighted by molar-refractivity contribution is -0.189. The molecule has 0 amide bonds. The van der Waals surface area contributed by atoms with Gasteiger partial charge < -0.3 is 9.47 Å². The monoisotopic (exact) mass is 386 g/mol. The molecule has 0 aromatic heterocycles. The molecule has 0 heterocycles. The van der Waals surface area contributed by atoms with Crippen LogP contribution in [0.1, 0.15) is 71.1 Å². The number of ketones is 1. The number of hydrogen-bond acceptors (Lipinski definition) is 5. The normalized spacial score (nSPS) is 31.8. The highest BCUT2D eigenvalue weighted by molar-refractivity contribution is 5.86. The molecule has 4 bridgehead atoms. The molecule has 5 nitrogen and oxygen atoms in total. The van der Waals surface area contributed by atoms with Gasteiger partial charge in [0.25, 0.3) is 0 Å². The van der Waals surface area contributed by atoms with E-state index in [1.807, 2.05) is 0 Å². The van der Waals surface area contributed by atoms with Crippen LogP contribution in [0.3, 0.4) is 0 Å². The Balaban J connectivity index is 1.30. The van der Waals surface area contributed by atoms with Crippen LogP contribution in [0.4, 0.5) is 8.78 Å². The molecule has 4 rings (SSSR count). The number of ether oxygens (including phenoxy) is 2. The van der Waals surface area contributed by atoms with Crippen LogP contribution in [-0.4, -0.2) is 35.9 Å². The van der Waals surface area contributed by atoms with Crippen LogP contribution in [0.5, 0.6) is 0 Å². The molecule has 7 heteroatoms. The van der Waals surface area contributed by atoms with Gasteiger partial charge in [-0.1, -0.05) is 12.8 Å². The van der Waals surface area contributed by atoms with Gasteiger partial charge in [0.1, 0.15) is 11.4 Å². The summed E-state index contributed by atoms with van der Waals surface area (Å²) in [6.45, 7) is 0.481. The summed E-state index contributed by atoms with van der Waals surface area (Å²) in [6.07, 6.45) is 7.11. The third-order valence-electron chi connectivity index (χ3n) is 6.14. The van der Waals surface area contributed by atoms with Crippen molar-refractivity contribution < 1.29 is 32.6 Å². The van der Waals surface area contributed by atoms with Gasteiger partial charge in [-0.15, -0.1) is 0 Å². The van der Waals surface area contributed by atoms with Crippen LogP contribution in [0, 0.1) is 17.8 Å². The van der Waals surface area contributed by atoms with Crippen molar-refractivity contribution in [1.29, 1.82) is 0 Å². The van der Waals surface area contributed by atoms with E-state index >= 15 is 0 Å². The molecule has 4 fully saturated rings. The van der Waals surface area contributed by atoms with E-state index < -0.39 is 17.5 Å². The number of Topliss-reactive ketones (excluding diaryl/α,β-unsaturated/α-hetero) is 1. The number of rotatable bonds is 9. The van der Waals surface area contributed by atoms with Crippen LogP contribution < -0.4 is 0 Å². The summed E-state index contributed by atoms with van der Waals surface area (Å²) >= 11 is 0. The lowest BCUT2D eigenvalue weighted by Gasteiger charge is -2.54. The maximum absolute atomic E-state index is 12.6. The number of esters is 2. The van der Waals surface area contributed by atoms with Crippen LogP contribution in [-0.2, 0) is 23.9 Å². The lowest BCUT2D eigenvalue weighted by Crippen LogP contribution is -2.56. The molecule has 0 aromatic rings. The highest BCUT2D eigenvalue weighted by atomic mass is 19.3. The Morgan fingerprint density at radius 1 is 1.07 bits per heavy atom. The first kappa shape index (κ1) is 20.2. The van der Waals surface area contributed by atoms with Crippen molar-refractivity contribution in [3.05, 3.63) is 0 Å². The van der Waals surface area contributed by atoms with Crippen molar-refractivity contribution in [2.45, 2.75) is 82.7 Å². The molecule has 0 aliphatic heterocycles. The summed E-state index contributed by atoms with van der Waals surface area (Å²) in [7, 11) is 0. The van der Waals surface area contributed by atoms with Gasteiger partial charge >= 0.3 is 17.9 Å². The Morgan fingerprint density at radius 3 is 2.33 bits per heavy atom. The Bertz CT molecular complexity index is 580. The number of alkyl halides is 2. The zero-order valence-electron chi connectivity index (χ0n) is 15.8. The van der Waals surface area contributed by atoms with E-state index in [4.69, 9.17) is 4.74 Å². The summed E-state index contributed by atoms with van der Waals surface area (Å²) in [5, 5.41) is 0. The molecule has 0 aromatic carbocycles. The second kappa shape index (κ2) is 7.84. The van der Waals surface area contributed by atoms with E-state index in [2.05, 4.69) is 4.74 Å². The average Bonchev–Trinajstić information content (AvgIpc) is 2.56. The van der Waals surface area contributed by atoms with E-state index in [1.54, 1.807) is 0 Å². The van der Waals surface area contributed by atoms with Crippen molar-refractivity contribution in [3.63, 3.8) is 0 Å². The van der Waals surface area contributed by atoms with E-state index in [0.717, 1.165) is 25.7 Å². The Morgan fingerprint density at radius 2 is 1.70 bits per heavy atom. The molecule has 152 valence electrons. The van der Waals surface area contributed by atoms with Crippen LogP contribution in [0.2, 0.25) is 0 Å². The SMILES string of the molecule is CC(F)(F)C(=O)OCCCCCCC(=O)OC12CC3CC(C1)C(=O)C(C3)C2.